The predicted octanol–water partition coefficient (Wildman–Crippen LogP) is 0.351. The van der Waals surface area contributed by atoms with Gasteiger partial charge in [-0.2, -0.15) is 4.31 Å². The minimum Gasteiger partial charge on any atom is -0.391 e. The molecule has 0 radical (unpaired) electrons. The molecule has 2 rings (SSSR count). The largest absolute Gasteiger partial charge is 0.391 e. The van der Waals surface area contributed by atoms with Crippen molar-refractivity contribution < 1.29 is 22.7 Å². The molecule has 1 fully saturated rings. The van der Waals surface area contributed by atoms with Crippen molar-refractivity contribution in [2.45, 2.75) is 18.6 Å². The lowest BCUT2D eigenvalue weighted by molar-refractivity contribution is -0.132. The Balaban J connectivity index is 2.17. The number of β-amino-alcohol motifs (C(OH)–C–C–N with tert-alkyl or cyclic N) is 1. The number of aliphatic hydroxyl groups is 1. The average molecular weight is 330 g/mol. The Morgan fingerprint density at radius 2 is 2.00 bits per heavy atom. The number of likely N-dealkylation sites (N-methyl/N-ethyl adjacent to an activating group) is 1. The van der Waals surface area contributed by atoms with E-state index in [1.807, 2.05) is 0 Å². The van der Waals surface area contributed by atoms with Crippen molar-refractivity contribution in [3.63, 3.8) is 0 Å². The van der Waals surface area contributed by atoms with Gasteiger partial charge in [0.15, 0.2) is 0 Å². The molecule has 1 heterocycles. The molecule has 0 aromatic heterocycles. The van der Waals surface area contributed by atoms with E-state index in [2.05, 4.69) is 0 Å². The SMILES string of the molecule is CN(CC(=O)N1C[C@H](O)C[C@@H]1c1ccc(F)cc1)S(C)(=O)=O. The maximum atomic E-state index is 13.0. The minimum absolute atomic E-state index is 0.137. The highest BCUT2D eigenvalue weighted by atomic mass is 32.2. The number of nitrogens with zero attached hydrogens (tertiary/aromatic N) is 2. The fourth-order valence-corrected chi connectivity index (χ4v) is 2.83. The number of likely N-dealkylation sites (tertiary alicyclic amines) is 1. The van der Waals surface area contributed by atoms with Crippen molar-refractivity contribution in [3.05, 3.63) is 35.6 Å². The molecule has 8 heteroatoms. The van der Waals surface area contributed by atoms with E-state index in [4.69, 9.17) is 0 Å². The van der Waals surface area contributed by atoms with Crippen LogP contribution in [0.2, 0.25) is 0 Å². The van der Waals surface area contributed by atoms with Crippen LogP contribution in [0.25, 0.3) is 0 Å². The van der Waals surface area contributed by atoms with Crippen molar-refractivity contribution in [3.8, 4) is 0 Å². The maximum absolute atomic E-state index is 13.0. The molecule has 22 heavy (non-hydrogen) atoms. The molecule has 0 spiro atoms. The van der Waals surface area contributed by atoms with E-state index >= 15 is 0 Å². The second kappa shape index (κ2) is 6.31. The van der Waals surface area contributed by atoms with Crippen LogP contribution in [-0.4, -0.2) is 61.1 Å². The number of carbonyl (C=O) groups excluding carboxylic acids is 1. The second-order valence-corrected chi connectivity index (χ2v) is 7.61. The number of halogens is 1. The van der Waals surface area contributed by atoms with Gasteiger partial charge >= 0.3 is 0 Å². The van der Waals surface area contributed by atoms with Gasteiger partial charge in [0.25, 0.3) is 0 Å². The fraction of sp³-hybridized carbons (Fsp3) is 0.500. The Bertz CT molecular complexity index is 647. The highest BCUT2D eigenvalue weighted by Gasteiger charge is 2.36. The highest BCUT2D eigenvalue weighted by molar-refractivity contribution is 7.88. The lowest BCUT2D eigenvalue weighted by Crippen LogP contribution is -2.41. The maximum Gasteiger partial charge on any atom is 0.238 e. The Labute approximate surface area is 129 Å². The third-order valence-corrected chi connectivity index (χ3v) is 5.04. The topological polar surface area (TPSA) is 77.9 Å². The first-order chi connectivity index (χ1) is 10.2. The molecule has 0 aliphatic carbocycles. The van der Waals surface area contributed by atoms with Crippen LogP contribution in [0.3, 0.4) is 0 Å². The van der Waals surface area contributed by atoms with Gasteiger partial charge in [-0.3, -0.25) is 4.79 Å². The number of benzene rings is 1. The van der Waals surface area contributed by atoms with Crippen molar-refractivity contribution >= 4 is 15.9 Å². The molecule has 1 saturated heterocycles. The van der Waals surface area contributed by atoms with Crippen LogP contribution < -0.4 is 0 Å². The third-order valence-electron chi connectivity index (χ3n) is 3.78. The van der Waals surface area contributed by atoms with Gasteiger partial charge in [0.2, 0.25) is 15.9 Å². The van der Waals surface area contributed by atoms with E-state index in [1.54, 1.807) is 12.1 Å². The molecular formula is C14H19FN2O4S. The zero-order valence-corrected chi connectivity index (χ0v) is 13.3. The summed E-state index contributed by atoms with van der Waals surface area (Å²) in [7, 11) is -2.13. The first kappa shape index (κ1) is 16.9. The van der Waals surface area contributed by atoms with E-state index in [0.717, 1.165) is 10.6 Å². The quantitative estimate of drug-likeness (QED) is 0.864. The third kappa shape index (κ3) is 3.82. The Hall–Kier alpha value is -1.51. The molecule has 2 atom stereocenters. The average Bonchev–Trinajstić information content (AvgIpc) is 2.80. The van der Waals surface area contributed by atoms with Crippen LogP contribution in [-0.2, 0) is 14.8 Å². The van der Waals surface area contributed by atoms with Crippen LogP contribution in [0.1, 0.15) is 18.0 Å². The monoisotopic (exact) mass is 330 g/mol. The Kier molecular flexibility index (Phi) is 4.84. The second-order valence-electron chi connectivity index (χ2n) is 5.52. The molecule has 1 aliphatic rings. The summed E-state index contributed by atoms with van der Waals surface area (Å²) in [5.41, 5.74) is 0.716. The molecule has 122 valence electrons. The Morgan fingerprint density at radius 3 is 2.55 bits per heavy atom. The summed E-state index contributed by atoms with van der Waals surface area (Å²) in [6, 6.07) is 5.35. The predicted molar refractivity (Wildman–Crippen MR) is 79.0 cm³/mol. The first-order valence-electron chi connectivity index (χ1n) is 6.83. The molecule has 6 nitrogen and oxygen atoms in total. The van der Waals surface area contributed by atoms with Gasteiger partial charge in [0.1, 0.15) is 5.82 Å². The minimum atomic E-state index is -3.45. The van der Waals surface area contributed by atoms with Crippen LogP contribution in [0, 0.1) is 5.82 Å². The zero-order valence-electron chi connectivity index (χ0n) is 12.4. The van der Waals surface area contributed by atoms with Crippen molar-refractivity contribution in [1.82, 2.24) is 9.21 Å². The Morgan fingerprint density at radius 1 is 1.41 bits per heavy atom. The summed E-state index contributed by atoms with van der Waals surface area (Å²) < 4.78 is 36.8. The van der Waals surface area contributed by atoms with Gasteiger partial charge in [-0.05, 0) is 24.1 Å². The fourth-order valence-electron chi connectivity index (χ4n) is 2.49. The smallest absolute Gasteiger partial charge is 0.238 e. The summed E-state index contributed by atoms with van der Waals surface area (Å²) in [5, 5.41) is 9.83. The van der Waals surface area contributed by atoms with E-state index in [1.165, 1.54) is 24.1 Å². The highest BCUT2D eigenvalue weighted by Crippen LogP contribution is 2.32. The van der Waals surface area contributed by atoms with E-state index in [9.17, 15) is 22.7 Å². The number of amides is 1. The molecule has 1 aromatic rings. The number of sulfonamides is 1. The van der Waals surface area contributed by atoms with Gasteiger partial charge in [0, 0.05) is 13.6 Å². The number of carbonyl (C=O) groups is 1. The molecule has 1 N–H and O–H groups in total. The molecule has 0 unspecified atom stereocenters. The van der Waals surface area contributed by atoms with Gasteiger partial charge in [0.05, 0.1) is 24.9 Å². The van der Waals surface area contributed by atoms with Crippen LogP contribution in [0.15, 0.2) is 24.3 Å². The lowest BCUT2D eigenvalue weighted by Gasteiger charge is -2.26. The van der Waals surface area contributed by atoms with E-state index in [0.29, 0.717) is 12.0 Å². The number of hydrogen-bond acceptors (Lipinski definition) is 4. The normalized spacial score (nSPS) is 22.3. The lowest BCUT2D eigenvalue weighted by atomic mass is 10.0. The number of aliphatic hydroxyl groups excluding tert-OH is 1. The first-order valence-corrected chi connectivity index (χ1v) is 8.67. The summed E-state index contributed by atoms with van der Waals surface area (Å²) in [5.74, 6) is -0.768. The van der Waals surface area contributed by atoms with Gasteiger partial charge in [-0.25, -0.2) is 12.8 Å². The summed E-state index contributed by atoms with van der Waals surface area (Å²) >= 11 is 0. The molecule has 1 amide bonds. The van der Waals surface area contributed by atoms with Crippen molar-refractivity contribution in [2.75, 3.05) is 26.4 Å². The van der Waals surface area contributed by atoms with Gasteiger partial charge < -0.3 is 10.0 Å². The van der Waals surface area contributed by atoms with Crippen LogP contribution >= 0.6 is 0 Å². The van der Waals surface area contributed by atoms with E-state index < -0.39 is 16.1 Å². The number of hydrogen-bond donors (Lipinski definition) is 1. The van der Waals surface area contributed by atoms with Crippen molar-refractivity contribution in [2.24, 2.45) is 0 Å². The van der Waals surface area contributed by atoms with E-state index in [-0.39, 0.29) is 30.9 Å². The molecule has 1 aliphatic heterocycles. The molecule has 1 aromatic carbocycles. The molecule has 0 bridgehead atoms. The molecule has 0 saturated carbocycles. The number of rotatable bonds is 4. The van der Waals surface area contributed by atoms with Gasteiger partial charge in [-0.15, -0.1) is 0 Å². The molecular weight excluding hydrogens is 311 g/mol. The van der Waals surface area contributed by atoms with Crippen LogP contribution in [0.4, 0.5) is 4.39 Å². The van der Waals surface area contributed by atoms with Gasteiger partial charge in [-0.1, -0.05) is 12.1 Å². The van der Waals surface area contributed by atoms with Crippen molar-refractivity contribution in [1.29, 1.82) is 0 Å². The summed E-state index contributed by atoms with van der Waals surface area (Å²) in [4.78, 5) is 13.8. The van der Waals surface area contributed by atoms with Crippen LogP contribution in [0.5, 0.6) is 0 Å². The summed E-state index contributed by atoms with van der Waals surface area (Å²) in [6.07, 6.45) is 0.693. The zero-order chi connectivity index (χ0) is 16.5. The standard InChI is InChI=1S/C14H19FN2O4S/c1-16(22(2,20)21)9-14(19)17-8-12(18)7-13(17)10-3-5-11(15)6-4-10/h3-6,12-13,18H,7-9H2,1-2H3/t12-,13-/m1/s1. The summed E-state index contributed by atoms with van der Waals surface area (Å²) in [6.45, 7) is -0.151.